The molecule has 0 spiro atoms. The van der Waals surface area contributed by atoms with Crippen LogP contribution in [0.2, 0.25) is 0 Å². The molecule has 0 saturated carbocycles. The Morgan fingerprint density at radius 2 is 0.935 bits per heavy atom. The summed E-state index contributed by atoms with van der Waals surface area (Å²) in [5, 5.41) is 0. The van der Waals surface area contributed by atoms with Gasteiger partial charge in [0, 0.05) is 13.0 Å². The molecule has 2 unspecified atom stereocenters. The lowest BCUT2D eigenvalue weighted by atomic mass is 10.0. The number of carbonyl (C=O) groups is 1. The van der Waals surface area contributed by atoms with Crippen LogP contribution in [-0.4, -0.2) is 75.6 Å². The number of esters is 1. The molecule has 2 atom stereocenters. The van der Waals surface area contributed by atoms with Gasteiger partial charge in [-0.1, -0.05) is 217 Å². The summed E-state index contributed by atoms with van der Waals surface area (Å²) in [5.41, 5.74) is 0. The van der Waals surface area contributed by atoms with Gasteiger partial charge in [-0.3, -0.25) is 13.8 Å². The number of likely N-dealkylation sites (N-methyl/N-ethyl adjacent to an activating group) is 1. The molecule has 0 aliphatic rings. The minimum Gasteiger partial charge on any atom is -0.457 e. The first-order valence-corrected chi connectivity index (χ1v) is 27.4. The van der Waals surface area contributed by atoms with Gasteiger partial charge < -0.3 is 18.9 Å². The van der Waals surface area contributed by atoms with E-state index in [0.717, 1.165) is 57.8 Å². The van der Waals surface area contributed by atoms with Crippen LogP contribution >= 0.6 is 7.82 Å². The van der Waals surface area contributed by atoms with Gasteiger partial charge in [0.2, 0.25) is 0 Å². The second-order valence-electron chi connectivity index (χ2n) is 18.5. The Labute approximate surface area is 384 Å². The fraction of sp³-hybridized carbons (Fsp3) is 0.830. The normalized spacial score (nSPS) is 14.0. The number of hydrogen-bond donors (Lipinski definition) is 1. The Bertz CT molecular complexity index is 1130. The monoisotopic (exact) mass is 895 g/mol. The summed E-state index contributed by atoms with van der Waals surface area (Å²) in [5.74, 6) is -0.312. The number of carbonyl (C=O) groups excluding carboxylic acids is 1. The Balaban J connectivity index is 4.05. The van der Waals surface area contributed by atoms with Crippen molar-refractivity contribution in [2.75, 3.05) is 54.1 Å². The quantitative estimate of drug-likeness (QED) is 0.0214. The van der Waals surface area contributed by atoms with Crippen molar-refractivity contribution in [3.8, 4) is 0 Å². The highest BCUT2D eigenvalue weighted by Crippen LogP contribution is 2.43. The predicted octanol–water partition coefficient (Wildman–Crippen LogP) is 15.9. The van der Waals surface area contributed by atoms with E-state index in [9.17, 15) is 14.3 Å². The minimum atomic E-state index is -4.28. The highest BCUT2D eigenvalue weighted by atomic mass is 31.2. The molecule has 0 amide bonds. The summed E-state index contributed by atoms with van der Waals surface area (Å²) >= 11 is 0. The number of hydrogen-bond acceptors (Lipinski definition) is 6. The average Bonchev–Trinajstić information content (AvgIpc) is 3.23. The van der Waals surface area contributed by atoms with Gasteiger partial charge in [0.15, 0.2) is 0 Å². The van der Waals surface area contributed by atoms with Crippen LogP contribution in [0.15, 0.2) is 48.6 Å². The molecule has 0 heterocycles. The van der Waals surface area contributed by atoms with Gasteiger partial charge in [0.05, 0.1) is 34.4 Å². The van der Waals surface area contributed by atoms with Gasteiger partial charge in [-0.05, 0) is 51.4 Å². The number of ether oxygens (including phenoxy) is 2. The molecule has 62 heavy (non-hydrogen) atoms. The zero-order chi connectivity index (χ0) is 45.5. The molecular formula is C53H101NO7P+. The molecule has 0 aromatic heterocycles. The van der Waals surface area contributed by atoms with Crippen LogP contribution in [0, 0.1) is 0 Å². The molecule has 0 bridgehead atoms. The van der Waals surface area contributed by atoms with E-state index < -0.39 is 13.9 Å². The van der Waals surface area contributed by atoms with Gasteiger partial charge in [-0.2, -0.15) is 0 Å². The van der Waals surface area contributed by atoms with Crippen molar-refractivity contribution in [1.82, 2.24) is 0 Å². The molecule has 0 aliphatic carbocycles. The SMILES string of the molecule is CC/C=C\C/C=C\C/C=C\C/C=C\CCCCCCCCCCCCCCCOCC(COP(=O)(O)OCC[N+](C)(C)C)OC(=O)CCCCCCCCCCCCCCCC. The smallest absolute Gasteiger partial charge is 0.457 e. The number of phosphoric ester groups is 1. The third-order valence-corrected chi connectivity index (χ3v) is 12.1. The van der Waals surface area contributed by atoms with E-state index >= 15 is 0 Å². The Kier molecular flexibility index (Phi) is 44.9. The van der Waals surface area contributed by atoms with Crippen molar-refractivity contribution in [2.24, 2.45) is 0 Å². The molecule has 0 aromatic rings. The van der Waals surface area contributed by atoms with Crippen LogP contribution in [0.3, 0.4) is 0 Å². The molecule has 0 aromatic carbocycles. The van der Waals surface area contributed by atoms with Gasteiger partial charge >= 0.3 is 13.8 Å². The van der Waals surface area contributed by atoms with Crippen LogP contribution in [0.1, 0.15) is 226 Å². The van der Waals surface area contributed by atoms with Gasteiger partial charge in [-0.25, -0.2) is 4.57 Å². The lowest BCUT2D eigenvalue weighted by Gasteiger charge is -2.24. The molecule has 0 radical (unpaired) electrons. The minimum absolute atomic E-state index is 0.0893. The Morgan fingerprint density at radius 3 is 1.40 bits per heavy atom. The van der Waals surface area contributed by atoms with Crippen LogP contribution in [0.4, 0.5) is 0 Å². The maximum absolute atomic E-state index is 12.7. The largest absolute Gasteiger partial charge is 0.472 e. The number of nitrogens with zero attached hydrogens (tertiary/aromatic N) is 1. The average molecular weight is 895 g/mol. The Morgan fingerprint density at radius 1 is 0.516 bits per heavy atom. The molecular weight excluding hydrogens is 794 g/mol. The zero-order valence-electron chi connectivity index (χ0n) is 41.4. The molecule has 8 nitrogen and oxygen atoms in total. The van der Waals surface area contributed by atoms with Crippen LogP contribution < -0.4 is 0 Å². The van der Waals surface area contributed by atoms with E-state index in [-0.39, 0.29) is 25.8 Å². The van der Waals surface area contributed by atoms with Gasteiger partial charge in [0.25, 0.3) is 0 Å². The second kappa shape index (κ2) is 46.0. The fourth-order valence-electron chi connectivity index (χ4n) is 7.19. The molecule has 0 fully saturated rings. The lowest BCUT2D eigenvalue weighted by molar-refractivity contribution is -0.870. The molecule has 1 N–H and O–H groups in total. The number of phosphoric acid groups is 1. The van der Waals surface area contributed by atoms with E-state index in [1.807, 2.05) is 21.1 Å². The van der Waals surface area contributed by atoms with Gasteiger partial charge in [-0.15, -0.1) is 0 Å². The lowest BCUT2D eigenvalue weighted by Crippen LogP contribution is -2.37. The predicted molar refractivity (Wildman–Crippen MR) is 266 cm³/mol. The second-order valence-corrected chi connectivity index (χ2v) is 20.0. The third kappa shape index (κ3) is 49.5. The summed E-state index contributed by atoms with van der Waals surface area (Å²) in [7, 11) is 1.67. The van der Waals surface area contributed by atoms with Gasteiger partial charge in [0.1, 0.15) is 19.3 Å². The first kappa shape index (κ1) is 60.5. The van der Waals surface area contributed by atoms with Crippen LogP contribution in [0.5, 0.6) is 0 Å². The summed E-state index contributed by atoms with van der Waals surface area (Å²) < 4.78 is 35.1. The summed E-state index contributed by atoms with van der Waals surface area (Å²) in [4.78, 5) is 23.0. The summed E-state index contributed by atoms with van der Waals surface area (Å²) in [6.45, 7) is 5.54. The van der Waals surface area contributed by atoms with Crippen molar-refractivity contribution >= 4 is 13.8 Å². The number of quaternary nitrogens is 1. The maximum atomic E-state index is 12.7. The van der Waals surface area contributed by atoms with E-state index in [4.69, 9.17) is 18.5 Å². The van der Waals surface area contributed by atoms with E-state index in [1.165, 1.54) is 148 Å². The zero-order valence-corrected chi connectivity index (χ0v) is 42.3. The van der Waals surface area contributed by atoms with E-state index in [2.05, 4.69) is 62.5 Å². The first-order chi connectivity index (χ1) is 30.1. The summed E-state index contributed by atoms with van der Waals surface area (Å²) in [6, 6.07) is 0. The van der Waals surface area contributed by atoms with E-state index in [0.29, 0.717) is 24.1 Å². The highest BCUT2D eigenvalue weighted by molar-refractivity contribution is 7.47. The van der Waals surface area contributed by atoms with Crippen molar-refractivity contribution in [3.63, 3.8) is 0 Å². The Hall–Kier alpha value is -1.54. The number of unbranched alkanes of at least 4 members (excludes halogenated alkanes) is 26. The molecule has 0 saturated heterocycles. The van der Waals surface area contributed by atoms with Crippen LogP contribution in [0.25, 0.3) is 0 Å². The molecule has 0 rings (SSSR count). The van der Waals surface area contributed by atoms with E-state index in [1.54, 1.807) is 0 Å². The number of allylic oxidation sites excluding steroid dienone is 8. The maximum Gasteiger partial charge on any atom is 0.472 e. The molecule has 9 heteroatoms. The first-order valence-electron chi connectivity index (χ1n) is 25.9. The highest BCUT2D eigenvalue weighted by Gasteiger charge is 2.26. The van der Waals surface area contributed by atoms with Crippen molar-refractivity contribution in [3.05, 3.63) is 48.6 Å². The standard InChI is InChI=1S/C53H100NO7P/c1-6-8-10-12-14-16-18-20-22-23-24-25-26-27-28-29-30-31-32-33-35-37-39-41-43-45-48-58-50-52(51-60-62(56,57)59-49-47-54(3,4)5)61-53(55)46-44-42-40-38-36-34-21-19-17-15-13-11-9-7-2/h8,10,14,16,20,22,24-25,52H,6-7,9,11-13,15,17-19,21,23,26-51H2,1-5H3/p+1/b10-8-,16-14-,22-20-,25-24-. The molecule has 0 aliphatic heterocycles. The topological polar surface area (TPSA) is 91.3 Å². The summed E-state index contributed by atoms with van der Waals surface area (Å²) in [6.07, 6.45) is 57.3. The fourth-order valence-corrected chi connectivity index (χ4v) is 7.93. The number of rotatable bonds is 48. The van der Waals surface area contributed by atoms with Crippen LogP contribution in [-0.2, 0) is 27.9 Å². The third-order valence-electron chi connectivity index (χ3n) is 11.2. The van der Waals surface area contributed by atoms with Crippen molar-refractivity contribution in [2.45, 2.75) is 232 Å². The molecule has 364 valence electrons. The van der Waals surface area contributed by atoms with Crippen molar-refractivity contribution < 1.29 is 37.3 Å². The van der Waals surface area contributed by atoms with Crippen molar-refractivity contribution in [1.29, 1.82) is 0 Å².